The maximum absolute atomic E-state index is 5.69. The van der Waals surface area contributed by atoms with Gasteiger partial charge in [0.2, 0.25) is 0 Å². The Morgan fingerprint density at radius 1 is 1.00 bits per heavy atom. The van der Waals surface area contributed by atoms with E-state index < -0.39 is 9.28 Å². The lowest BCUT2D eigenvalue weighted by molar-refractivity contribution is 0.201. The van der Waals surface area contributed by atoms with Gasteiger partial charge in [-0.2, -0.15) is 0 Å². The van der Waals surface area contributed by atoms with Gasteiger partial charge in [-0.15, -0.1) is 0 Å². The van der Waals surface area contributed by atoms with Gasteiger partial charge in [-0.25, -0.2) is 0 Å². The minimum absolute atomic E-state index is 0.441. The second-order valence-corrected chi connectivity index (χ2v) is 8.01. The van der Waals surface area contributed by atoms with Gasteiger partial charge >= 0.3 is 9.28 Å². The fourth-order valence-electron chi connectivity index (χ4n) is 3.18. The second kappa shape index (κ2) is 7.46. The first-order valence-corrected chi connectivity index (χ1v) is 8.36. The molecule has 0 atom stereocenters. The SMILES string of the molecule is CCCCCC1([SiH](OC)OC)CCCCC1. The van der Waals surface area contributed by atoms with E-state index in [4.69, 9.17) is 8.85 Å². The van der Waals surface area contributed by atoms with Crippen LogP contribution in [0, 0.1) is 0 Å². The van der Waals surface area contributed by atoms with E-state index in [-0.39, 0.29) is 0 Å². The minimum Gasteiger partial charge on any atom is -0.400 e. The summed E-state index contributed by atoms with van der Waals surface area (Å²) in [5.41, 5.74) is 0. The smallest absolute Gasteiger partial charge is 0.327 e. The standard InChI is InChI=1S/C13H28O2Si/c1-4-5-7-10-13(16(14-2)15-3)11-8-6-9-12-13/h16H,4-12H2,1-3H3. The summed E-state index contributed by atoms with van der Waals surface area (Å²) in [4.78, 5) is 0. The lowest BCUT2D eigenvalue weighted by Crippen LogP contribution is -2.38. The topological polar surface area (TPSA) is 18.5 Å². The molecular formula is C13H28O2Si. The highest BCUT2D eigenvalue weighted by Gasteiger charge is 2.42. The summed E-state index contributed by atoms with van der Waals surface area (Å²) >= 11 is 0. The Hall–Kier alpha value is 0.137. The van der Waals surface area contributed by atoms with Crippen molar-refractivity contribution < 1.29 is 8.85 Å². The zero-order valence-corrected chi connectivity index (χ0v) is 12.4. The third kappa shape index (κ3) is 3.57. The van der Waals surface area contributed by atoms with Gasteiger partial charge in [0.05, 0.1) is 0 Å². The molecule has 0 radical (unpaired) electrons. The van der Waals surface area contributed by atoms with Gasteiger partial charge in [-0.3, -0.25) is 0 Å². The van der Waals surface area contributed by atoms with Crippen molar-refractivity contribution in [3.63, 3.8) is 0 Å². The molecule has 0 aromatic rings. The van der Waals surface area contributed by atoms with Crippen molar-refractivity contribution in [3.8, 4) is 0 Å². The van der Waals surface area contributed by atoms with E-state index in [1.54, 1.807) is 0 Å². The summed E-state index contributed by atoms with van der Waals surface area (Å²) in [6.07, 6.45) is 12.2. The maximum Gasteiger partial charge on any atom is 0.327 e. The van der Waals surface area contributed by atoms with Crippen molar-refractivity contribution in [2.75, 3.05) is 14.2 Å². The normalized spacial score (nSPS) is 20.2. The van der Waals surface area contributed by atoms with Crippen molar-refractivity contribution in [3.05, 3.63) is 0 Å². The third-order valence-electron chi connectivity index (χ3n) is 4.06. The fraction of sp³-hybridized carbons (Fsp3) is 1.00. The van der Waals surface area contributed by atoms with Crippen LogP contribution in [0.2, 0.25) is 5.04 Å². The molecule has 1 fully saturated rings. The van der Waals surface area contributed by atoms with E-state index in [1.165, 1.54) is 57.8 Å². The average molecular weight is 244 g/mol. The summed E-state index contributed by atoms with van der Waals surface area (Å²) in [7, 11) is 2.24. The quantitative estimate of drug-likeness (QED) is 0.501. The molecule has 0 saturated heterocycles. The molecule has 16 heavy (non-hydrogen) atoms. The minimum atomic E-state index is -1.45. The largest absolute Gasteiger partial charge is 0.400 e. The van der Waals surface area contributed by atoms with Gasteiger partial charge in [0, 0.05) is 19.3 Å². The van der Waals surface area contributed by atoms with Gasteiger partial charge in [0.1, 0.15) is 0 Å². The molecule has 0 heterocycles. The van der Waals surface area contributed by atoms with E-state index in [2.05, 4.69) is 6.92 Å². The number of hydrogen-bond acceptors (Lipinski definition) is 2. The van der Waals surface area contributed by atoms with E-state index in [9.17, 15) is 0 Å². The van der Waals surface area contributed by atoms with Crippen LogP contribution in [-0.2, 0) is 8.85 Å². The molecule has 1 saturated carbocycles. The third-order valence-corrected chi connectivity index (χ3v) is 6.78. The van der Waals surface area contributed by atoms with E-state index in [1.807, 2.05) is 14.2 Å². The molecule has 0 aromatic heterocycles. The lowest BCUT2D eigenvalue weighted by Gasteiger charge is -2.40. The predicted octanol–water partition coefficient (Wildman–Crippen LogP) is 3.78. The summed E-state index contributed by atoms with van der Waals surface area (Å²) < 4.78 is 11.4. The lowest BCUT2D eigenvalue weighted by atomic mass is 9.84. The summed E-state index contributed by atoms with van der Waals surface area (Å²) in [5.74, 6) is 0. The highest BCUT2D eigenvalue weighted by molar-refractivity contribution is 6.48. The van der Waals surface area contributed by atoms with Crippen molar-refractivity contribution >= 4 is 9.28 Å². The van der Waals surface area contributed by atoms with Crippen LogP contribution in [0.5, 0.6) is 0 Å². The Kier molecular flexibility index (Phi) is 6.62. The zero-order chi connectivity index (χ0) is 11.9. The molecule has 0 aliphatic heterocycles. The van der Waals surface area contributed by atoms with Crippen LogP contribution in [-0.4, -0.2) is 23.5 Å². The summed E-state index contributed by atoms with van der Waals surface area (Å²) in [6, 6.07) is 0. The van der Waals surface area contributed by atoms with Crippen molar-refractivity contribution in [1.82, 2.24) is 0 Å². The molecule has 0 amide bonds. The van der Waals surface area contributed by atoms with Gasteiger partial charge in [-0.05, 0) is 19.3 Å². The first-order chi connectivity index (χ1) is 7.79. The van der Waals surface area contributed by atoms with E-state index in [0.29, 0.717) is 5.04 Å². The molecule has 0 bridgehead atoms. The highest BCUT2D eigenvalue weighted by Crippen LogP contribution is 2.49. The Bertz CT molecular complexity index is 175. The van der Waals surface area contributed by atoms with Crippen LogP contribution in [0.15, 0.2) is 0 Å². The zero-order valence-electron chi connectivity index (χ0n) is 11.3. The second-order valence-electron chi connectivity index (χ2n) is 5.18. The molecule has 0 N–H and O–H groups in total. The van der Waals surface area contributed by atoms with E-state index in [0.717, 1.165) is 0 Å². The summed E-state index contributed by atoms with van der Waals surface area (Å²) in [6.45, 7) is 2.27. The van der Waals surface area contributed by atoms with Crippen LogP contribution in [0.4, 0.5) is 0 Å². The van der Waals surface area contributed by atoms with Crippen LogP contribution < -0.4 is 0 Å². The molecule has 1 aliphatic rings. The molecule has 2 nitrogen and oxygen atoms in total. The van der Waals surface area contributed by atoms with Crippen molar-refractivity contribution in [1.29, 1.82) is 0 Å². The predicted molar refractivity (Wildman–Crippen MR) is 71.1 cm³/mol. The van der Waals surface area contributed by atoms with Crippen LogP contribution in [0.25, 0.3) is 0 Å². The molecule has 0 spiro atoms. The van der Waals surface area contributed by atoms with Gasteiger partial charge in [0.15, 0.2) is 0 Å². The monoisotopic (exact) mass is 244 g/mol. The van der Waals surface area contributed by atoms with Gasteiger partial charge < -0.3 is 8.85 Å². The molecule has 3 heteroatoms. The molecule has 1 rings (SSSR count). The molecule has 0 aromatic carbocycles. The Morgan fingerprint density at radius 3 is 2.12 bits per heavy atom. The first-order valence-electron chi connectivity index (χ1n) is 6.84. The maximum atomic E-state index is 5.69. The number of unbranched alkanes of at least 4 members (excludes halogenated alkanes) is 2. The Balaban J connectivity index is 2.58. The Morgan fingerprint density at radius 2 is 1.62 bits per heavy atom. The first kappa shape index (κ1) is 14.2. The van der Waals surface area contributed by atoms with E-state index >= 15 is 0 Å². The fourth-order valence-corrected chi connectivity index (χ4v) is 5.69. The van der Waals surface area contributed by atoms with Gasteiger partial charge in [-0.1, -0.05) is 45.4 Å². The number of rotatable bonds is 7. The van der Waals surface area contributed by atoms with Gasteiger partial charge in [0.25, 0.3) is 0 Å². The molecular weight excluding hydrogens is 216 g/mol. The summed E-state index contributed by atoms with van der Waals surface area (Å²) in [5, 5.41) is 0.441. The van der Waals surface area contributed by atoms with Crippen LogP contribution in [0.3, 0.4) is 0 Å². The van der Waals surface area contributed by atoms with Crippen molar-refractivity contribution in [2.45, 2.75) is 69.7 Å². The molecule has 1 aliphatic carbocycles. The molecule has 0 unspecified atom stereocenters. The number of hydrogen-bond donors (Lipinski definition) is 0. The average Bonchev–Trinajstić information content (AvgIpc) is 2.32. The molecule has 96 valence electrons. The van der Waals surface area contributed by atoms with Crippen LogP contribution in [0.1, 0.15) is 64.7 Å². The Labute approximate surface area is 103 Å². The highest BCUT2D eigenvalue weighted by atomic mass is 28.3. The van der Waals surface area contributed by atoms with Crippen LogP contribution >= 0.6 is 0 Å². The van der Waals surface area contributed by atoms with Crippen molar-refractivity contribution in [2.24, 2.45) is 0 Å².